The fourth-order valence-corrected chi connectivity index (χ4v) is 4.73. The molecule has 0 saturated carbocycles. The van der Waals surface area contributed by atoms with Crippen molar-refractivity contribution in [2.45, 2.75) is 40.0 Å². The van der Waals surface area contributed by atoms with E-state index in [1.54, 1.807) is 0 Å². The highest BCUT2D eigenvalue weighted by Crippen LogP contribution is 2.33. The van der Waals surface area contributed by atoms with Gasteiger partial charge in [0.15, 0.2) is 9.84 Å². The molecule has 112 valence electrons. The van der Waals surface area contributed by atoms with Crippen LogP contribution in [0.1, 0.15) is 40.0 Å². The van der Waals surface area contributed by atoms with E-state index in [1.165, 1.54) is 5.57 Å². The second kappa shape index (κ2) is 5.31. The van der Waals surface area contributed by atoms with Crippen LogP contribution in [0.4, 0.5) is 0 Å². The molecule has 1 fully saturated rings. The van der Waals surface area contributed by atoms with Gasteiger partial charge in [-0.05, 0) is 37.7 Å². The molecule has 1 aliphatic heterocycles. The highest BCUT2D eigenvalue weighted by molar-refractivity contribution is 7.91. The van der Waals surface area contributed by atoms with Gasteiger partial charge in [-0.3, -0.25) is 4.79 Å². The minimum Gasteiger partial charge on any atom is -0.273 e. The smallest absolute Gasteiger partial charge is 0.244 e. The second-order valence-corrected chi connectivity index (χ2v) is 8.92. The van der Waals surface area contributed by atoms with Crippen LogP contribution in [0.2, 0.25) is 0 Å². The van der Waals surface area contributed by atoms with Crippen LogP contribution >= 0.6 is 0 Å². The summed E-state index contributed by atoms with van der Waals surface area (Å²) in [5.41, 5.74) is 4.78. The zero-order chi connectivity index (χ0) is 15.0. The molecule has 0 aromatic heterocycles. The summed E-state index contributed by atoms with van der Waals surface area (Å²) in [6.07, 6.45) is 4.24. The Hall–Kier alpha value is -1.17. The maximum atomic E-state index is 11.9. The van der Waals surface area contributed by atoms with Crippen molar-refractivity contribution >= 4 is 21.5 Å². The number of hydrogen-bond acceptors (Lipinski definition) is 4. The number of rotatable bonds is 2. The number of nitrogens with zero attached hydrogens (tertiary/aromatic N) is 1. The third-order valence-electron chi connectivity index (χ3n) is 3.74. The SMILES string of the molecule is CC1=C/C(=N\NC(=O)C2CCS(=O)(=O)C2)CC(C)(C)C1. The molecule has 1 atom stereocenters. The Balaban J connectivity index is 1.99. The lowest BCUT2D eigenvalue weighted by Gasteiger charge is -2.29. The lowest BCUT2D eigenvalue weighted by molar-refractivity contribution is -0.124. The van der Waals surface area contributed by atoms with Gasteiger partial charge in [0.1, 0.15) is 0 Å². The number of sulfone groups is 1. The van der Waals surface area contributed by atoms with Crippen LogP contribution in [-0.2, 0) is 14.6 Å². The van der Waals surface area contributed by atoms with Crippen LogP contribution in [0, 0.1) is 11.3 Å². The molecule has 2 rings (SSSR count). The summed E-state index contributed by atoms with van der Waals surface area (Å²) in [4.78, 5) is 11.9. The molecule has 1 aliphatic carbocycles. The molecule has 1 N–H and O–H groups in total. The van der Waals surface area contributed by atoms with Gasteiger partial charge in [-0.2, -0.15) is 5.10 Å². The van der Waals surface area contributed by atoms with E-state index in [4.69, 9.17) is 0 Å². The first kappa shape index (κ1) is 15.2. The predicted molar refractivity (Wildman–Crippen MR) is 79.1 cm³/mol. The lowest BCUT2D eigenvalue weighted by Crippen LogP contribution is -2.30. The second-order valence-electron chi connectivity index (χ2n) is 6.69. The quantitative estimate of drug-likeness (QED) is 0.788. The van der Waals surface area contributed by atoms with Crippen LogP contribution in [-0.4, -0.2) is 31.5 Å². The Morgan fingerprint density at radius 2 is 2.10 bits per heavy atom. The molecule has 2 aliphatic rings. The average molecular weight is 298 g/mol. The zero-order valence-electron chi connectivity index (χ0n) is 12.3. The Bertz CT molecular complexity index is 573. The third-order valence-corrected chi connectivity index (χ3v) is 5.51. The minimum atomic E-state index is -3.03. The Kier molecular flexibility index (Phi) is 4.04. The van der Waals surface area contributed by atoms with Gasteiger partial charge in [-0.1, -0.05) is 19.4 Å². The molecule has 1 amide bonds. The zero-order valence-corrected chi connectivity index (χ0v) is 13.1. The molecule has 0 aromatic rings. The summed E-state index contributed by atoms with van der Waals surface area (Å²) >= 11 is 0. The third kappa shape index (κ3) is 3.91. The molecule has 0 bridgehead atoms. The van der Waals surface area contributed by atoms with Gasteiger partial charge in [0.25, 0.3) is 0 Å². The summed E-state index contributed by atoms with van der Waals surface area (Å²) < 4.78 is 22.7. The molecular weight excluding hydrogens is 276 g/mol. The Labute approximate surface area is 120 Å². The van der Waals surface area contributed by atoms with Crippen LogP contribution in [0.25, 0.3) is 0 Å². The topological polar surface area (TPSA) is 75.6 Å². The molecule has 1 unspecified atom stereocenters. The van der Waals surface area contributed by atoms with Crippen molar-refractivity contribution in [3.63, 3.8) is 0 Å². The van der Waals surface area contributed by atoms with Crippen LogP contribution in [0.15, 0.2) is 16.8 Å². The maximum Gasteiger partial charge on any atom is 0.244 e. The lowest BCUT2D eigenvalue weighted by atomic mass is 9.77. The van der Waals surface area contributed by atoms with Gasteiger partial charge in [0, 0.05) is 0 Å². The van der Waals surface area contributed by atoms with Gasteiger partial charge in [-0.15, -0.1) is 0 Å². The molecule has 1 heterocycles. The molecule has 0 radical (unpaired) electrons. The summed E-state index contributed by atoms with van der Waals surface area (Å²) in [6.45, 7) is 6.40. The van der Waals surface area contributed by atoms with E-state index in [-0.39, 0.29) is 22.8 Å². The number of nitrogens with one attached hydrogen (secondary N) is 1. The van der Waals surface area contributed by atoms with Gasteiger partial charge < -0.3 is 0 Å². The predicted octanol–water partition coefficient (Wildman–Crippen LogP) is 1.66. The summed E-state index contributed by atoms with van der Waals surface area (Å²) in [7, 11) is -3.03. The summed E-state index contributed by atoms with van der Waals surface area (Å²) in [6, 6.07) is 0. The van der Waals surface area contributed by atoms with Crippen molar-refractivity contribution in [1.29, 1.82) is 0 Å². The first-order valence-electron chi connectivity index (χ1n) is 6.91. The molecule has 0 spiro atoms. The van der Waals surface area contributed by atoms with E-state index in [0.717, 1.165) is 18.6 Å². The molecule has 20 heavy (non-hydrogen) atoms. The Morgan fingerprint density at radius 1 is 1.40 bits per heavy atom. The Morgan fingerprint density at radius 3 is 2.65 bits per heavy atom. The molecular formula is C14H22N2O3S. The normalized spacial score (nSPS) is 30.1. The summed E-state index contributed by atoms with van der Waals surface area (Å²) in [5.74, 6) is -0.684. The van der Waals surface area contributed by atoms with Crippen molar-refractivity contribution in [2.24, 2.45) is 16.4 Å². The fraction of sp³-hybridized carbons (Fsp3) is 0.714. The fourth-order valence-electron chi connectivity index (χ4n) is 2.99. The van der Waals surface area contributed by atoms with E-state index < -0.39 is 15.8 Å². The van der Waals surface area contributed by atoms with Gasteiger partial charge >= 0.3 is 0 Å². The largest absolute Gasteiger partial charge is 0.273 e. The minimum absolute atomic E-state index is 0.0515. The molecule has 6 heteroatoms. The van der Waals surface area contributed by atoms with Crippen molar-refractivity contribution in [2.75, 3.05) is 11.5 Å². The van der Waals surface area contributed by atoms with Crippen LogP contribution in [0.5, 0.6) is 0 Å². The van der Waals surface area contributed by atoms with Crippen molar-refractivity contribution in [3.05, 3.63) is 11.6 Å². The van der Waals surface area contributed by atoms with E-state index in [9.17, 15) is 13.2 Å². The average Bonchev–Trinajstić information content (AvgIpc) is 2.64. The highest BCUT2D eigenvalue weighted by atomic mass is 32.2. The van der Waals surface area contributed by atoms with Crippen LogP contribution < -0.4 is 5.43 Å². The van der Waals surface area contributed by atoms with E-state index in [0.29, 0.717) is 6.42 Å². The molecule has 1 saturated heterocycles. The number of carbonyl (C=O) groups excluding carboxylic acids is 1. The number of allylic oxidation sites excluding steroid dienone is 2. The van der Waals surface area contributed by atoms with Crippen molar-refractivity contribution in [3.8, 4) is 0 Å². The van der Waals surface area contributed by atoms with Crippen molar-refractivity contribution in [1.82, 2.24) is 5.43 Å². The van der Waals surface area contributed by atoms with E-state index in [1.807, 2.05) is 6.08 Å². The van der Waals surface area contributed by atoms with Crippen molar-refractivity contribution < 1.29 is 13.2 Å². The first-order chi connectivity index (χ1) is 9.17. The monoisotopic (exact) mass is 298 g/mol. The number of carbonyl (C=O) groups is 1. The number of hydrogen-bond donors (Lipinski definition) is 1. The first-order valence-corrected chi connectivity index (χ1v) is 8.73. The molecule has 0 aromatic carbocycles. The maximum absolute atomic E-state index is 11.9. The highest BCUT2D eigenvalue weighted by Gasteiger charge is 2.33. The summed E-state index contributed by atoms with van der Waals surface area (Å²) in [5, 5.41) is 4.17. The van der Waals surface area contributed by atoms with Gasteiger partial charge in [0.05, 0.1) is 23.1 Å². The van der Waals surface area contributed by atoms with Gasteiger partial charge in [0.2, 0.25) is 5.91 Å². The molecule has 5 nitrogen and oxygen atoms in total. The van der Waals surface area contributed by atoms with E-state index >= 15 is 0 Å². The van der Waals surface area contributed by atoms with Gasteiger partial charge in [-0.25, -0.2) is 13.8 Å². The number of hydrazone groups is 1. The number of amides is 1. The van der Waals surface area contributed by atoms with Crippen LogP contribution in [0.3, 0.4) is 0 Å². The standard InChI is InChI=1S/C14H22N2O3S/c1-10-6-12(8-14(2,3)7-10)15-16-13(17)11-4-5-20(18,19)9-11/h6,11H,4-5,7-9H2,1-3H3,(H,16,17)/b15-12+. The van der Waals surface area contributed by atoms with E-state index in [2.05, 4.69) is 31.3 Å².